The highest BCUT2D eigenvalue weighted by atomic mass is 16.2. The van der Waals surface area contributed by atoms with Gasteiger partial charge in [-0.05, 0) is 12.2 Å². The van der Waals surface area contributed by atoms with Gasteiger partial charge in [0.15, 0.2) is 0 Å². The Morgan fingerprint density at radius 2 is 2.50 bits per heavy atom. The summed E-state index contributed by atoms with van der Waals surface area (Å²) in [5.41, 5.74) is 0. The van der Waals surface area contributed by atoms with Crippen LogP contribution in [-0.4, -0.2) is 23.5 Å². The second-order valence-corrected chi connectivity index (χ2v) is 2.41. The maximum Gasteiger partial charge on any atom is 0.241 e. The van der Waals surface area contributed by atoms with E-state index in [9.17, 15) is 4.79 Å². The zero-order valence-electron chi connectivity index (χ0n) is 5.45. The van der Waals surface area contributed by atoms with E-state index in [0.717, 1.165) is 0 Å². The molecule has 0 radical (unpaired) electrons. The van der Waals surface area contributed by atoms with Gasteiger partial charge in [0.2, 0.25) is 5.91 Å². The monoisotopic (exact) mass is 136 g/mol. The van der Waals surface area contributed by atoms with Gasteiger partial charge in [0.05, 0.1) is 6.54 Å². The van der Waals surface area contributed by atoms with E-state index in [1.165, 1.54) is 0 Å². The minimum absolute atomic E-state index is 0.0983. The van der Waals surface area contributed by atoms with Crippen molar-refractivity contribution in [3.05, 3.63) is 24.4 Å². The molecule has 0 aromatic heterocycles. The van der Waals surface area contributed by atoms with Crippen molar-refractivity contribution >= 4 is 5.91 Å². The third kappa shape index (κ3) is 0.708. The van der Waals surface area contributed by atoms with E-state index in [4.69, 9.17) is 0 Å². The van der Waals surface area contributed by atoms with Crippen LogP contribution in [0.3, 0.4) is 0 Å². The topological polar surface area (TPSA) is 32.3 Å². The first-order valence-electron chi connectivity index (χ1n) is 3.26. The Kier molecular flexibility index (Phi) is 1.03. The Labute approximate surface area is 59.0 Å². The standard InChI is InChI=1S/C7H8N2O/c10-7-5-9-4-2-1-3-6(9)8-7/h1-4,6H,5H2,(H,8,10). The van der Waals surface area contributed by atoms with Crippen LogP contribution in [0.2, 0.25) is 0 Å². The van der Waals surface area contributed by atoms with Crippen LogP contribution in [0.4, 0.5) is 0 Å². The van der Waals surface area contributed by atoms with Crippen molar-refractivity contribution in [3.8, 4) is 0 Å². The predicted molar refractivity (Wildman–Crippen MR) is 36.9 cm³/mol. The molecule has 0 aromatic rings. The first kappa shape index (κ1) is 5.53. The lowest BCUT2D eigenvalue weighted by molar-refractivity contribution is -0.118. The molecule has 1 atom stereocenters. The molecule has 0 saturated carbocycles. The normalized spacial score (nSPS) is 28.6. The second kappa shape index (κ2) is 1.87. The van der Waals surface area contributed by atoms with Crippen LogP contribution in [-0.2, 0) is 4.79 Å². The number of carbonyl (C=O) groups excluding carboxylic acids is 1. The Balaban J connectivity index is 2.22. The molecule has 10 heavy (non-hydrogen) atoms. The van der Waals surface area contributed by atoms with Crippen molar-refractivity contribution in [2.75, 3.05) is 6.54 Å². The fraction of sp³-hybridized carbons (Fsp3) is 0.286. The Bertz CT molecular complexity index is 198. The minimum Gasteiger partial charge on any atom is -0.345 e. The molecule has 0 bridgehead atoms. The van der Waals surface area contributed by atoms with Gasteiger partial charge in [-0.2, -0.15) is 0 Å². The van der Waals surface area contributed by atoms with E-state index in [1.54, 1.807) is 0 Å². The molecular formula is C7H8N2O. The summed E-state index contributed by atoms with van der Waals surface area (Å²) in [5, 5.41) is 2.80. The van der Waals surface area contributed by atoms with Gasteiger partial charge < -0.3 is 10.2 Å². The Morgan fingerprint density at radius 3 is 3.30 bits per heavy atom. The summed E-state index contributed by atoms with van der Waals surface area (Å²) in [5.74, 6) is 0.0983. The molecule has 3 nitrogen and oxygen atoms in total. The second-order valence-electron chi connectivity index (χ2n) is 2.41. The van der Waals surface area contributed by atoms with Gasteiger partial charge in [-0.1, -0.05) is 6.08 Å². The van der Waals surface area contributed by atoms with Gasteiger partial charge >= 0.3 is 0 Å². The maximum absolute atomic E-state index is 10.8. The number of hydrogen-bond donors (Lipinski definition) is 1. The highest BCUT2D eigenvalue weighted by Gasteiger charge is 2.25. The number of nitrogens with one attached hydrogen (secondary N) is 1. The molecule has 52 valence electrons. The fourth-order valence-electron chi connectivity index (χ4n) is 1.19. The zero-order valence-corrected chi connectivity index (χ0v) is 5.45. The van der Waals surface area contributed by atoms with Crippen molar-refractivity contribution in [3.63, 3.8) is 0 Å². The molecule has 1 fully saturated rings. The van der Waals surface area contributed by atoms with Gasteiger partial charge in [0.1, 0.15) is 6.17 Å². The van der Waals surface area contributed by atoms with Crippen LogP contribution >= 0.6 is 0 Å². The van der Waals surface area contributed by atoms with Crippen molar-refractivity contribution in [2.24, 2.45) is 0 Å². The molecule has 1 amide bonds. The number of allylic oxidation sites excluding steroid dienone is 2. The largest absolute Gasteiger partial charge is 0.345 e. The summed E-state index contributed by atoms with van der Waals surface area (Å²) in [7, 11) is 0. The molecule has 2 aliphatic heterocycles. The molecular weight excluding hydrogens is 128 g/mol. The summed E-state index contributed by atoms with van der Waals surface area (Å²) in [6.45, 7) is 0.492. The highest BCUT2D eigenvalue weighted by Crippen LogP contribution is 2.09. The van der Waals surface area contributed by atoms with Crippen LogP contribution in [0, 0.1) is 0 Å². The molecule has 3 heteroatoms. The van der Waals surface area contributed by atoms with E-state index < -0.39 is 0 Å². The summed E-state index contributed by atoms with van der Waals surface area (Å²) in [6, 6.07) is 0. The summed E-state index contributed by atoms with van der Waals surface area (Å²) in [4.78, 5) is 12.7. The van der Waals surface area contributed by atoms with E-state index in [1.807, 2.05) is 29.3 Å². The lowest BCUT2D eigenvalue weighted by Crippen LogP contribution is -2.31. The number of rotatable bonds is 0. The molecule has 2 aliphatic rings. The number of fused-ring (bicyclic) bond motifs is 1. The lowest BCUT2D eigenvalue weighted by atomic mass is 10.3. The molecule has 2 rings (SSSR count). The van der Waals surface area contributed by atoms with Crippen LogP contribution in [0.5, 0.6) is 0 Å². The van der Waals surface area contributed by atoms with E-state index in [2.05, 4.69) is 5.32 Å². The van der Waals surface area contributed by atoms with Gasteiger partial charge in [0.25, 0.3) is 0 Å². The first-order valence-corrected chi connectivity index (χ1v) is 3.26. The highest BCUT2D eigenvalue weighted by molar-refractivity contribution is 5.81. The van der Waals surface area contributed by atoms with Gasteiger partial charge in [0, 0.05) is 6.20 Å². The van der Waals surface area contributed by atoms with Crippen LogP contribution in [0.1, 0.15) is 0 Å². The van der Waals surface area contributed by atoms with Crippen LogP contribution in [0.25, 0.3) is 0 Å². The number of amides is 1. The maximum atomic E-state index is 10.8. The van der Waals surface area contributed by atoms with Gasteiger partial charge in [-0.15, -0.1) is 0 Å². The third-order valence-electron chi connectivity index (χ3n) is 1.67. The van der Waals surface area contributed by atoms with E-state index in [-0.39, 0.29) is 12.1 Å². The minimum atomic E-state index is 0.0983. The van der Waals surface area contributed by atoms with Crippen molar-refractivity contribution in [1.29, 1.82) is 0 Å². The SMILES string of the molecule is O=C1CN2C=CC=CC2N1. The lowest BCUT2D eigenvalue weighted by Gasteiger charge is -2.19. The van der Waals surface area contributed by atoms with Crippen LogP contribution < -0.4 is 5.32 Å². The molecule has 1 unspecified atom stereocenters. The third-order valence-corrected chi connectivity index (χ3v) is 1.67. The predicted octanol–water partition coefficient (Wildman–Crippen LogP) is -0.172. The first-order chi connectivity index (χ1) is 4.86. The van der Waals surface area contributed by atoms with E-state index in [0.29, 0.717) is 6.54 Å². The summed E-state index contributed by atoms with van der Waals surface area (Å²) >= 11 is 0. The Hall–Kier alpha value is -1.25. The zero-order chi connectivity index (χ0) is 6.97. The smallest absolute Gasteiger partial charge is 0.241 e. The molecule has 0 spiro atoms. The molecule has 2 heterocycles. The van der Waals surface area contributed by atoms with Crippen molar-refractivity contribution < 1.29 is 4.79 Å². The quantitative estimate of drug-likeness (QED) is 0.501. The number of nitrogens with zero attached hydrogens (tertiary/aromatic N) is 1. The number of carbonyl (C=O) groups is 1. The molecule has 0 aromatic carbocycles. The van der Waals surface area contributed by atoms with Crippen LogP contribution in [0.15, 0.2) is 24.4 Å². The molecule has 0 aliphatic carbocycles. The van der Waals surface area contributed by atoms with Crippen molar-refractivity contribution in [2.45, 2.75) is 6.17 Å². The fourth-order valence-corrected chi connectivity index (χ4v) is 1.19. The molecule has 1 N–H and O–H groups in total. The number of hydrogen-bond acceptors (Lipinski definition) is 2. The Morgan fingerprint density at radius 1 is 1.60 bits per heavy atom. The van der Waals surface area contributed by atoms with Crippen molar-refractivity contribution in [1.82, 2.24) is 10.2 Å². The van der Waals surface area contributed by atoms with E-state index >= 15 is 0 Å². The average Bonchev–Trinajstić information content (AvgIpc) is 2.27. The summed E-state index contributed by atoms with van der Waals surface area (Å²) < 4.78 is 0. The average molecular weight is 136 g/mol. The van der Waals surface area contributed by atoms with Gasteiger partial charge in [-0.3, -0.25) is 4.79 Å². The van der Waals surface area contributed by atoms with Gasteiger partial charge in [-0.25, -0.2) is 0 Å². The summed E-state index contributed by atoms with van der Waals surface area (Å²) in [6.07, 6.45) is 7.86. The molecule has 1 saturated heterocycles.